The van der Waals surface area contributed by atoms with E-state index in [9.17, 15) is 4.79 Å². The van der Waals surface area contributed by atoms with E-state index in [2.05, 4.69) is 10.3 Å². The zero-order valence-corrected chi connectivity index (χ0v) is 14.0. The highest BCUT2D eigenvalue weighted by atomic mass is 35.5. The van der Waals surface area contributed by atoms with Crippen LogP contribution in [-0.2, 0) is 6.42 Å². The molecule has 22 heavy (non-hydrogen) atoms. The maximum absolute atomic E-state index is 12.2. The molecule has 1 heterocycles. The molecular formula is C15H20ClN3O2S. The van der Waals surface area contributed by atoms with Gasteiger partial charge in [0.05, 0.1) is 17.3 Å². The molecule has 0 aliphatic rings. The second-order valence-corrected chi connectivity index (χ2v) is 5.41. The van der Waals surface area contributed by atoms with Gasteiger partial charge in [0.15, 0.2) is 0 Å². The van der Waals surface area contributed by atoms with Crippen LogP contribution in [0.25, 0.3) is 0 Å². The van der Waals surface area contributed by atoms with E-state index in [1.54, 1.807) is 5.38 Å². The molecule has 0 spiro atoms. The van der Waals surface area contributed by atoms with Crippen LogP contribution in [0, 0.1) is 0 Å². The van der Waals surface area contributed by atoms with Crippen molar-refractivity contribution in [2.45, 2.75) is 19.8 Å². The van der Waals surface area contributed by atoms with E-state index in [4.69, 9.17) is 10.5 Å². The van der Waals surface area contributed by atoms with Gasteiger partial charge in [0, 0.05) is 11.8 Å². The Bertz CT molecular complexity index is 604. The molecule has 0 atom stereocenters. The van der Waals surface area contributed by atoms with Gasteiger partial charge in [-0.05, 0) is 25.1 Å². The van der Waals surface area contributed by atoms with Crippen molar-refractivity contribution in [1.29, 1.82) is 0 Å². The molecule has 0 aliphatic heterocycles. The summed E-state index contributed by atoms with van der Waals surface area (Å²) in [4.78, 5) is 16.5. The molecule has 0 aliphatic carbocycles. The molecule has 3 N–H and O–H groups in total. The van der Waals surface area contributed by atoms with E-state index in [1.165, 1.54) is 11.3 Å². The Morgan fingerprint density at radius 2 is 2.18 bits per heavy atom. The van der Waals surface area contributed by atoms with Crippen molar-refractivity contribution in [3.63, 3.8) is 0 Å². The number of nitrogens with two attached hydrogens (primary N) is 1. The summed E-state index contributed by atoms with van der Waals surface area (Å²) in [6, 6.07) is 7.39. The predicted molar refractivity (Wildman–Crippen MR) is 92.3 cm³/mol. The zero-order valence-electron chi connectivity index (χ0n) is 12.4. The fourth-order valence-electron chi connectivity index (χ4n) is 1.75. The van der Waals surface area contributed by atoms with Gasteiger partial charge in [-0.25, -0.2) is 4.98 Å². The topological polar surface area (TPSA) is 77.2 Å². The lowest BCUT2D eigenvalue weighted by Gasteiger charge is -2.11. The van der Waals surface area contributed by atoms with E-state index in [-0.39, 0.29) is 18.3 Å². The maximum Gasteiger partial charge on any atom is 0.275 e. The Labute approximate surface area is 140 Å². The Morgan fingerprint density at radius 3 is 2.91 bits per heavy atom. The largest absolute Gasteiger partial charge is 0.491 e. The van der Waals surface area contributed by atoms with E-state index in [0.717, 1.165) is 11.4 Å². The minimum absolute atomic E-state index is 0. The first kappa shape index (κ1) is 18.4. The van der Waals surface area contributed by atoms with Gasteiger partial charge in [-0.15, -0.1) is 23.7 Å². The van der Waals surface area contributed by atoms with Gasteiger partial charge in [-0.1, -0.05) is 19.1 Å². The average Bonchev–Trinajstić information content (AvgIpc) is 2.95. The zero-order chi connectivity index (χ0) is 15.1. The molecule has 7 heteroatoms. The quantitative estimate of drug-likeness (QED) is 0.811. The molecule has 0 fully saturated rings. The first-order valence-corrected chi connectivity index (χ1v) is 7.80. The summed E-state index contributed by atoms with van der Waals surface area (Å²) in [5, 5.41) is 5.46. The van der Waals surface area contributed by atoms with Gasteiger partial charge >= 0.3 is 0 Å². The van der Waals surface area contributed by atoms with Crippen LogP contribution < -0.4 is 15.8 Å². The lowest BCUT2D eigenvalue weighted by atomic mass is 10.3. The van der Waals surface area contributed by atoms with Crippen molar-refractivity contribution < 1.29 is 9.53 Å². The third-order valence-electron chi connectivity index (χ3n) is 2.74. The summed E-state index contributed by atoms with van der Waals surface area (Å²) in [7, 11) is 0. The molecule has 1 aromatic carbocycles. The van der Waals surface area contributed by atoms with Gasteiger partial charge in [0.2, 0.25) is 0 Å². The van der Waals surface area contributed by atoms with Crippen molar-refractivity contribution in [2.75, 3.05) is 18.5 Å². The van der Waals surface area contributed by atoms with Crippen molar-refractivity contribution >= 4 is 35.3 Å². The van der Waals surface area contributed by atoms with Crippen molar-refractivity contribution in [2.24, 2.45) is 5.73 Å². The first-order valence-electron chi connectivity index (χ1n) is 6.92. The summed E-state index contributed by atoms with van der Waals surface area (Å²) in [5.74, 6) is 0.437. The second kappa shape index (κ2) is 9.40. The summed E-state index contributed by atoms with van der Waals surface area (Å²) in [5.41, 5.74) is 6.55. The third-order valence-corrected chi connectivity index (χ3v) is 3.65. The Hall–Kier alpha value is -1.63. The highest BCUT2D eigenvalue weighted by molar-refractivity contribution is 7.09. The SMILES string of the molecule is CCCOc1ccccc1NC(=O)c1csc(CCN)n1.Cl. The van der Waals surface area contributed by atoms with Crippen LogP contribution in [0.15, 0.2) is 29.6 Å². The van der Waals surface area contributed by atoms with E-state index in [1.807, 2.05) is 31.2 Å². The first-order chi connectivity index (χ1) is 10.2. The highest BCUT2D eigenvalue weighted by Crippen LogP contribution is 2.24. The fraction of sp³-hybridized carbons (Fsp3) is 0.333. The van der Waals surface area contributed by atoms with Crippen LogP contribution in [0.2, 0.25) is 0 Å². The van der Waals surface area contributed by atoms with E-state index < -0.39 is 0 Å². The van der Waals surface area contributed by atoms with Crippen LogP contribution >= 0.6 is 23.7 Å². The van der Waals surface area contributed by atoms with Gasteiger partial charge in [-0.3, -0.25) is 4.79 Å². The molecule has 0 saturated heterocycles. The van der Waals surface area contributed by atoms with Gasteiger partial charge < -0.3 is 15.8 Å². The number of nitrogens with one attached hydrogen (secondary N) is 1. The number of thiazole rings is 1. The van der Waals surface area contributed by atoms with Crippen LogP contribution in [0.1, 0.15) is 28.8 Å². The molecule has 0 radical (unpaired) electrons. The summed E-state index contributed by atoms with van der Waals surface area (Å²) < 4.78 is 5.62. The number of halogens is 1. The van der Waals surface area contributed by atoms with E-state index in [0.29, 0.717) is 36.7 Å². The molecule has 0 saturated carbocycles. The number of ether oxygens (including phenoxy) is 1. The normalized spacial score (nSPS) is 9.91. The highest BCUT2D eigenvalue weighted by Gasteiger charge is 2.13. The molecule has 1 aromatic heterocycles. The molecule has 2 aromatic rings. The molecule has 5 nitrogen and oxygen atoms in total. The Morgan fingerprint density at radius 1 is 1.41 bits per heavy atom. The third kappa shape index (κ3) is 4.98. The number of amides is 1. The van der Waals surface area contributed by atoms with Crippen LogP contribution in [0.4, 0.5) is 5.69 Å². The number of anilines is 1. The molecule has 0 bridgehead atoms. The summed E-state index contributed by atoms with van der Waals surface area (Å²) in [6.07, 6.45) is 1.60. The Kier molecular flexibility index (Phi) is 7.87. The fourth-order valence-corrected chi connectivity index (χ4v) is 2.54. The number of carbonyl (C=O) groups is 1. The number of nitrogens with zero attached hydrogens (tertiary/aromatic N) is 1. The second-order valence-electron chi connectivity index (χ2n) is 4.46. The minimum atomic E-state index is -0.234. The number of hydrogen-bond donors (Lipinski definition) is 2. The molecular weight excluding hydrogens is 322 g/mol. The number of hydrogen-bond acceptors (Lipinski definition) is 5. The molecule has 0 unspecified atom stereocenters. The monoisotopic (exact) mass is 341 g/mol. The Balaban J connectivity index is 0.00000242. The summed E-state index contributed by atoms with van der Waals surface area (Å²) in [6.45, 7) is 3.18. The lowest BCUT2D eigenvalue weighted by Crippen LogP contribution is -2.14. The number of benzene rings is 1. The van der Waals surface area contributed by atoms with Gasteiger partial charge in [0.25, 0.3) is 5.91 Å². The van der Waals surface area contributed by atoms with Gasteiger partial charge in [0.1, 0.15) is 11.4 Å². The van der Waals surface area contributed by atoms with Crippen molar-refractivity contribution in [3.8, 4) is 5.75 Å². The van der Waals surface area contributed by atoms with Crippen molar-refractivity contribution in [3.05, 3.63) is 40.3 Å². The predicted octanol–water partition coefficient (Wildman–Crippen LogP) is 3.11. The number of para-hydroxylation sites is 2. The number of rotatable bonds is 7. The molecule has 2 rings (SSSR count). The average molecular weight is 342 g/mol. The summed E-state index contributed by atoms with van der Waals surface area (Å²) >= 11 is 1.45. The molecule has 1 amide bonds. The van der Waals surface area contributed by atoms with Crippen LogP contribution in [-0.4, -0.2) is 24.0 Å². The van der Waals surface area contributed by atoms with Gasteiger partial charge in [-0.2, -0.15) is 0 Å². The van der Waals surface area contributed by atoms with E-state index >= 15 is 0 Å². The minimum Gasteiger partial charge on any atom is -0.491 e. The maximum atomic E-state index is 12.2. The van der Waals surface area contributed by atoms with Crippen molar-refractivity contribution in [1.82, 2.24) is 4.98 Å². The van der Waals surface area contributed by atoms with Crippen LogP contribution in [0.5, 0.6) is 5.75 Å². The smallest absolute Gasteiger partial charge is 0.275 e. The standard InChI is InChI=1S/C15H19N3O2S.ClH/c1-2-9-20-13-6-4-3-5-11(13)18-15(19)12-10-21-14(17-12)7-8-16;/h3-6,10H,2,7-9,16H2,1H3,(H,18,19);1H. The number of aromatic nitrogens is 1. The molecule has 120 valence electrons. The van der Waals surface area contributed by atoms with Crippen LogP contribution in [0.3, 0.4) is 0 Å². The number of carbonyl (C=O) groups excluding carboxylic acids is 1. The lowest BCUT2D eigenvalue weighted by molar-refractivity contribution is 0.102.